The third-order valence-electron chi connectivity index (χ3n) is 4.08. The molecule has 0 bridgehead atoms. The number of amides is 1. The minimum Gasteiger partial charge on any atom is -0.462 e. The van der Waals surface area contributed by atoms with Crippen LogP contribution in [0.1, 0.15) is 43.1 Å². The van der Waals surface area contributed by atoms with E-state index in [1.54, 1.807) is 11.8 Å². The molecule has 2 N–H and O–H groups in total. The number of benzene rings is 1. The summed E-state index contributed by atoms with van der Waals surface area (Å²) >= 11 is 1.24. The van der Waals surface area contributed by atoms with Crippen molar-refractivity contribution in [3.8, 4) is 0 Å². The van der Waals surface area contributed by atoms with Gasteiger partial charge in [-0.25, -0.2) is 14.8 Å². The van der Waals surface area contributed by atoms with E-state index >= 15 is 0 Å². The zero-order valence-corrected chi connectivity index (χ0v) is 17.5. The summed E-state index contributed by atoms with van der Waals surface area (Å²) in [6.07, 6.45) is 1.95. The van der Waals surface area contributed by atoms with Crippen molar-refractivity contribution in [2.24, 2.45) is 0 Å². The monoisotopic (exact) mass is 402 g/mol. The van der Waals surface area contributed by atoms with Crippen molar-refractivity contribution in [3.05, 3.63) is 41.6 Å². The molecule has 1 heterocycles. The Morgan fingerprint density at radius 1 is 1.29 bits per heavy atom. The quantitative estimate of drug-likeness (QED) is 0.410. The van der Waals surface area contributed by atoms with Gasteiger partial charge in [-0.05, 0) is 44.9 Å². The minimum absolute atomic E-state index is 0.0164. The molecule has 0 aliphatic carbocycles. The number of hydrogen-bond acceptors (Lipinski definition) is 7. The standard InChI is InChI=1S/C20H26N4O3S/c1-5-16(18(25)24(6-2)14-10-8-9-13(4)11-14)28-20-22-12-15(17(21)23-20)19(26)27-7-3/h8-12,16H,5-7H2,1-4H3,(H2,21,22,23)/t16-/m0/s1. The molecule has 0 aliphatic rings. The highest BCUT2D eigenvalue weighted by Crippen LogP contribution is 2.27. The predicted molar refractivity (Wildman–Crippen MR) is 112 cm³/mol. The first-order valence-corrected chi connectivity index (χ1v) is 10.1. The first-order valence-electron chi connectivity index (χ1n) is 9.25. The molecule has 150 valence electrons. The Labute approximate surface area is 169 Å². The molecule has 1 aromatic carbocycles. The Hall–Kier alpha value is -2.61. The number of carbonyl (C=O) groups is 2. The van der Waals surface area contributed by atoms with Gasteiger partial charge in [-0.3, -0.25) is 4.79 Å². The molecular weight excluding hydrogens is 376 g/mol. The number of anilines is 2. The number of thioether (sulfide) groups is 1. The van der Waals surface area contributed by atoms with Crippen molar-refractivity contribution in [1.82, 2.24) is 9.97 Å². The average Bonchev–Trinajstić information content (AvgIpc) is 2.67. The van der Waals surface area contributed by atoms with Gasteiger partial charge in [-0.15, -0.1) is 0 Å². The van der Waals surface area contributed by atoms with Crippen LogP contribution in [0.4, 0.5) is 11.5 Å². The highest BCUT2D eigenvalue weighted by atomic mass is 32.2. The molecule has 0 aliphatic heterocycles. The molecule has 7 nitrogen and oxygen atoms in total. The van der Waals surface area contributed by atoms with Gasteiger partial charge >= 0.3 is 5.97 Å². The van der Waals surface area contributed by atoms with E-state index in [0.29, 0.717) is 18.1 Å². The summed E-state index contributed by atoms with van der Waals surface area (Å²) < 4.78 is 4.93. The molecule has 28 heavy (non-hydrogen) atoms. The van der Waals surface area contributed by atoms with Gasteiger partial charge in [0.1, 0.15) is 11.4 Å². The van der Waals surface area contributed by atoms with Crippen molar-refractivity contribution in [2.45, 2.75) is 44.5 Å². The SMILES string of the molecule is CCOC(=O)c1cnc(S[C@@H](CC)C(=O)N(CC)c2cccc(C)c2)nc1N. The summed E-state index contributed by atoms with van der Waals surface area (Å²) in [6.45, 7) is 8.40. The summed E-state index contributed by atoms with van der Waals surface area (Å²) in [4.78, 5) is 35.1. The topological polar surface area (TPSA) is 98.4 Å². The van der Waals surface area contributed by atoms with Gasteiger partial charge in [0.15, 0.2) is 5.16 Å². The van der Waals surface area contributed by atoms with E-state index in [0.717, 1.165) is 11.3 Å². The second-order valence-electron chi connectivity index (χ2n) is 6.11. The molecule has 0 radical (unpaired) electrons. The summed E-state index contributed by atoms with van der Waals surface area (Å²) in [7, 11) is 0. The highest BCUT2D eigenvalue weighted by Gasteiger charge is 2.26. The lowest BCUT2D eigenvalue weighted by molar-refractivity contribution is -0.118. The summed E-state index contributed by atoms with van der Waals surface area (Å²) in [5, 5.41) is -0.0145. The second-order valence-corrected chi connectivity index (χ2v) is 7.28. The predicted octanol–water partition coefficient (Wildman–Crippen LogP) is 3.47. The molecule has 1 amide bonds. The molecular formula is C20H26N4O3S. The van der Waals surface area contributed by atoms with Crippen molar-refractivity contribution in [2.75, 3.05) is 23.8 Å². The fraction of sp³-hybridized carbons (Fsp3) is 0.400. The van der Waals surface area contributed by atoms with Crippen LogP contribution in [0.2, 0.25) is 0 Å². The number of esters is 1. The first-order chi connectivity index (χ1) is 13.4. The molecule has 0 unspecified atom stereocenters. The Balaban J connectivity index is 2.19. The lowest BCUT2D eigenvalue weighted by Crippen LogP contribution is -2.37. The van der Waals surface area contributed by atoms with E-state index in [1.165, 1.54) is 18.0 Å². The van der Waals surface area contributed by atoms with Crippen LogP contribution in [-0.2, 0) is 9.53 Å². The van der Waals surface area contributed by atoms with Gasteiger partial charge in [-0.1, -0.05) is 30.8 Å². The van der Waals surface area contributed by atoms with E-state index in [4.69, 9.17) is 10.5 Å². The second kappa shape index (κ2) is 10.1. The summed E-state index contributed by atoms with van der Waals surface area (Å²) in [5.74, 6) is -0.530. The third-order valence-corrected chi connectivity index (χ3v) is 5.31. The number of hydrogen-bond donors (Lipinski definition) is 1. The maximum atomic E-state index is 13.1. The lowest BCUT2D eigenvalue weighted by atomic mass is 10.2. The summed E-state index contributed by atoms with van der Waals surface area (Å²) in [5.41, 5.74) is 7.96. The highest BCUT2D eigenvalue weighted by molar-refractivity contribution is 8.00. The number of rotatable bonds is 8. The fourth-order valence-corrected chi connectivity index (χ4v) is 3.59. The van der Waals surface area contributed by atoms with E-state index in [2.05, 4.69) is 9.97 Å². The minimum atomic E-state index is -0.559. The largest absolute Gasteiger partial charge is 0.462 e. The lowest BCUT2D eigenvalue weighted by Gasteiger charge is -2.25. The first kappa shape index (κ1) is 21.7. The van der Waals surface area contributed by atoms with E-state index in [-0.39, 0.29) is 29.1 Å². The molecule has 1 aromatic heterocycles. The zero-order valence-electron chi connectivity index (χ0n) is 16.6. The molecule has 0 saturated carbocycles. The van der Waals surface area contributed by atoms with Crippen LogP contribution < -0.4 is 10.6 Å². The van der Waals surface area contributed by atoms with Crippen molar-refractivity contribution in [3.63, 3.8) is 0 Å². The van der Waals surface area contributed by atoms with E-state index in [1.807, 2.05) is 45.0 Å². The van der Waals surface area contributed by atoms with Gasteiger partial charge in [0.05, 0.1) is 11.9 Å². The molecule has 0 fully saturated rings. The van der Waals surface area contributed by atoms with Gasteiger partial charge in [0.2, 0.25) is 5.91 Å². The molecule has 8 heteroatoms. The number of aryl methyl sites for hydroxylation is 1. The molecule has 0 spiro atoms. The maximum Gasteiger partial charge on any atom is 0.343 e. The van der Waals surface area contributed by atoms with Crippen LogP contribution in [0, 0.1) is 6.92 Å². The number of nitrogens with zero attached hydrogens (tertiary/aromatic N) is 3. The number of ether oxygens (including phenoxy) is 1. The Morgan fingerprint density at radius 2 is 2.04 bits per heavy atom. The average molecular weight is 403 g/mol. The number of aromatic nitrogens is 2. The van der Waals surface area contributed by atoms with Gasteiger partial charge in [0, 0.05) is 18.4 Å². The number of nitrogen functional groups attached to an aromatic ring is 1. The summed E-state index contributed by atoms with van der Waals surface area (Å²) in [6, 6.07) is 7.85. The van der Waals surface area contributed by atoms with Crippen LogP contribution >= 0.6 is 11.8 Å². The van der Waals surface area contributed by atoms with Crippen LogP contribution in [0.15, 0.2) is 35.6 Å². The number of carbonyl (C=O) groups excluding carboxylic acids is 2. The Morgan fingerprint density at radius 3 is 2.61 bits per heavy atom. The molecule has 2 rings (SSSR count). The van der Waals surface area contributed by atoms with Crippen LogP contribution in [-0.4, -0.2) is 40.2 Å². The maximum absolute atomic E-state index is 13.1. The Bertz CT molecular complexity index is 844. The van der Waals surface area contributed by atoms with Crippen molar-refractivity contribution in [1.29, 1.82) is 0 Å². The fourth-order valence-electron chi connectivity index (χ4n) is 2.67. The molecule has 1 atom stereocenters. The third kappa shape index (κ3) is 5.22. The van der Waals surface area contributed by atoms with Crippen molar-refractivity contribution < 1.29 is 14.3 Å². The van der Waals surface area contributed by atoms with Gasteiger partial charge < -0.3 is 15.4 Å². The normalized spacial score (nSPS) is 11.7. The van der Waals surface area contributed by atoms with Crippen LogP contribution in [0.25, 0.3) is 0 Å². The Kier molecular flexibility index (Phi) is 7.80. The molecule has 2 aromatic rings. The van der Waals surface area contributed by atoms with Crippen molar-refractivity contribution >= 4 is 35.1 Å². The van der Waals surface area contributed by atoms with E-state index < -0.39 is 5.97 Å². The smallest absolute Gasteiger partial charge is 0.343 e. The van der Waals surface area contributed by atoms with E-state index in [9.17, 15) is 9.59 Å². The number of nitrogens with two attached hydrogens (primary N) is 1. The zero-order chi connectivity index (χ0) is 20.7. The van der Waals surface area contributed by atoms with Crippen LogP contribution in [0.5, 0.6) is 0 Å². The molecule has 0 saturated heterocycles. The van der Waals surface area contributed by atoms with Gasteiger partial charge in [-0.2, -0.15) is 0 Å². The van der Waals surface area contributed by atoms with Gasteiger partial charge in [0.25, 0.3) is 0 Å². The van der Waals surface area contributed by atoms with Crippen LogP contribution in [0.3, 0.4) is 0 Å².